The van der Waals surface area contributed by atoms with Crippen molar-refractivity contribution in [2.75, 3.05) is 39.3 Å². The van der Waals surface area contributed by atoms with E-state index in [0.29, 0.717) is 43.2 Å². The average Bonchev–Trinajstić information content (AvgIpc) is 3.30. The molecule has 2 heterocycles. The van der Waals surface area contributed by atoms with Crippen molar-refractivity contribution in [2.45, 2.75) is 19.4 Å². The van der Waals surface area contributed by atoms with Gasteiger partial charge in [-0.2, -0.15) is 0 Å². The molecule has 0 radical (unpaired) electrons. The van der Waals surface area contributed by atoms with Crippen LogP contribution in [0.2, 0.25) is 0 Å². The third-order valence-electron chi connectivity index (χ3n) is 5.93. The van der Waals surface area contributed by atoms with Gasteiger partial charge in [0.15, 0.2) is 11.7 Å². The van der Waals surface area contributed by atoms with E-state index in [9.17, 15) is 4.39 Å². The number of halogens is 1. The molecule has 0 amide bonds. The first-order valence-corrected chi connectivity index (χ1v) is 11.4. The molecule has 1 aliphatic rings. The second-order valence-electron chi connectivity index (χ2n) is 8.26. The maximum atomic E-state index is 14.6. The lowest BCUT2D eigenvalue weighted by Gasteiger charge is -2.35. The highest BCUT2D eigenvalue weighted by Crippen LogP contribution is 2.24. The van der Waals surface area contributed by atoms with Gasteiger partial charge in [-0.3, -0.25) is 4.90 Å². The summed E-state index contributed by atoms with van der Waals surface area (Å²) >= 11 is 0. The first-order chi connectivity index (χ1) is 16.1. The zero-order valence-electron chi connectivity index (χ0n) is 18.8. The average molecular weight is 451 g/mol. The maximum Gasteiger partial charge on any atom is 0.191 e. The van der Waals surface area contributed by atoms with Gasteiger partial charge in [-0.1, -0.05) is 47.6 Å². The summed E-state index contributed by atoms with van der Waals surface area (Å²) in [6, 6.07) is 16.8. The largest absolute Gasteiger partial charge is 0.370 e. The van der Waals surface area contributed by atoms with E-state index >= 15 is 0 Å². The Kier molecular flexibility index (Phi) is 7.70. The number of rotatable bonds is 8. The first-order valence-electron chi connectivity index (χ1n) is 11.4. The molecule has 0 atom stereocenters. The van der Waals surface area contributed by atoms with Gasteiger partial charge in [0.25, 0.3) is 0 Å². The van der Waals surface area contributed by atoms with E-state index in [-0.39, 0.29) is 5.82 Å². The summed E-state index contributed by atoms with van der Waals surface area (Å²) in [5.41, 5.74) is 15.0. The predicted molar refractivity (Wildman–Crippen MR) is 128 cm³/mol. The molecule has 3 aromatic rings. The number of nitrogens with zero attached hydrogens (tertiary/aromatic N) is 4. The van der Waals surface area contributed by atoms with Crippen molar-refractivity contribution in [3.63, 3.8) is 0 Å². The van der Waals surface area contributed by atoms with Crippen LogP contribution in [-0.4, -0.2) is 60.2 Å². The molecule has 8 heteroatoms. The van der Waals surface area contributed by atoms with Gasteiger partial charge in [-0.25, -0.2) is 9.38 Å². The second kappa shape index (κ2) is 11.1. The van der Waals surface area contributed by atoms with Crippen molar-refractivity contribution in [2.24, 2.45) is 16.5 Å². The van der Waals surface area contributed by atoms with Crippen LogP contribution in [0.25, 0.3) is 11.1 Å². The number of piperazine rings is 1. The summed E-state index contributed by atoms with van der Waals surface area (Å²) < 4.78 is 20.0. The highest BCUT2D eigenvalue weighted by Gasteiger charge is 2.17. The molecule has 2 aromatic carbocycles. The van der Waals surface area contributed by atoms with E-state index in [1.165, 1.54) is 0 Å². The van der Waals surface area contributed by atoms with Crippen molar-refractivity contribution in [1.82, 2.24) is 15.0 Å². The highest BCUT2D eigenvalue weighted by atomic mass is 19.1. The number of aromatic nitrogens is 1. The van der Waals surface area contributed by atoms with Crippen LogP contribution < -0.4 is 11.5 Å². The van der Waals surface area contributed by atoms with Gasteiger partial charge in [0.05, 0.1) is 5.69 Å². The second-order valence-corrected chi connectivity index (χ2v) is 8.26. The van der Waals surface area contributed by atoms with Gasteiger partial charge in [0.1, 0.15) is 12.4 Å². The van der Waals surface area contributed by atoms with Gasteiger partial charge in [0.2, 0.25) is 0 Å². The van der Waals surface area contributed by atoms with E-state index in [2.05, 4.69) is 19.9 Å². The van der Waals surface area contributed by atoms with Crippen molar-refractivity contribution in [1.29, 1.82) is 0 Å². The molecule has 0 spiro atoms. The Labute approximate surface area is 193 Å². The minimum Gasteiger partial charge on any atom is -0.370 e. The summed E-state index contributed by atoms with van der Waals surface area (Å²) in [6.07, 6.45) is 1.34. The number of aliphatic imine (C=N–C) groups is 1. The van der Waals surface area contributed by atoms with Crippen LogP contribution in [-0.2, 0) is 19.4 Å². The van der Waals surface area contributed by atoms with Crippen LogP contribution in [0.3, 0.4) is 0 Å². The Morgan fingerprint density at radius 2 is 1.82 bits per heavy atom. The molecule has 0 bridgehead atoms. The number of hydrogen-bond acceptors (Lipinski definition) is 5. The fourth-order valence-electron chi connectivity index (χ4n) is 4.03. The number of hydrogen-bond donors (Lipinski definition) is 2. The molecule has 174 valence electrons. The third kappa shape index (κ3) is 6.18. The molecule has 33 heavy (non-hydrogen) atoms. The molecule has 0 saturated carbocycles. The van der Waals surface area contributed by atoms with Gasteiger partial charge >= 0.3 is 0 Å². The summed E-state index contributed by atoms with van der Waals surface area (Å²) in [6.45, 7) is 5.50. The molecule has 1 aliphatic heterocycles. The Balaban J connectivity index is 1.28. The van der Waals surface area contributed by atoms with E-state index in [0.717, 1.165) is 49.5 Å². The minimum atomic E-state index is -0.215. The van der Waals surface area contributed by atoms with Crippen LogP contribution >= 0.6 is 0 Å². The SMILES string of the molecule is NCCN1CCN(C(N)=NCc2cc(CCc3ccc(-c4ccccc4)c(F)c3)no2)CC1. The Hall–Kier alpha value is -3.23. The zero-order valence-corrected chi connectivity index (χ0v) is 18.8. The van der Waals surface area contributed by atoms with Crippen molar-refractivity contribution in [3.8, 4) is 11.1 Å². The van der Waals surface area contributed by atoms with Gasteiger partial charge in [-0.15, -0.1) is 0 Å². The van der Waals surface area contributed by atoms with E-state index in [1.54, 1.807) is 6.07 Å². The lowest BCUT2D eigenvalue weighted by atomic mass is 10.0. The number of guanidine groups is 1. The summed E-state index contributed by atoms with van der Waals surface area (Å²) in [4.78, 5) is 8.87. The Bertz CT molecular complexity index is 1060. The zero-order chi connectivity index (χ0) is 23.0. The molecule has 1 aromatic heterocycles. The number of nitrogens with two attached hydrogens (primary N) is 2. The summed E-state index contributed by atoms with van der Waals surface area (Å²) in [5.74, 6) is 0.975. The van der Waals surface area contributed by atoms with Gasteiger partial charge in [-0.05, 0) is 30.0 Å². The molecule has 1 fully saturated rings. The molecular weight excluding hydrogens is 419 g/mol. The summed E-state index contributed by atoms with van der Waals surface area (Å²) in [5, 5.41) is 4.13. The molecular formula is C25H31FN6O. The normalized spacial score (nSPS) is 15.2. The number of aryl methyl sites for hydroxylation is 2. The minimum absolute atomic E-state index is 0.215. The Morgan fingerprint density at radius 1 is 1.03 bits per heavy atom. The van der Waals surface area contributed by atoms with E-state index in [1.807, 2.05) is 48.5 Å². The standard InChI is InChI=1S/C25H31FN6O/c26-24-16-19(7-9-23(24)20-4-2-1-3-5-20)6-8-21-17-22(33-30-21)18-29-25(28)32-14-12-31(11-10-27)13-15-32/h1-5,7,9,16-17H,6,8,10-15,18,27H2,(H2,28,29). The van der Waals surface area contributed by atoms with Gasteiger partial charge < -0.3 is 20.9 Å². The van der Waals surface area contributed by atoms with Crippen LogP contribution in [0, 0.1) is 5.82 Å². The van der Waals surface area contributed by atoms with E-state index in [4.69, 9.17) is 16.0 Å². The van der Waals surface area contributed by atoms with Crippen LogP contribution in [0.5, 0.6) is 0 Å². The Morgan fingerprint density at radius 3 is 2.55 bits per heavy atom. The van der Waals surface area contributed by atoms with Crippen LogP contribution in [0.15, 0.2) is 64.1 Å². The van der Waals surface area contributed by atoms with Gasteiger partial charge in [0, 0.05) is 50.9 Å². The molecule has 7 nitrogen and oxygen atoms in total. The van der Waals surface area contributed by atoms with Crippen molar-refractivity contribution >= 4 is 5.96 Å². The molecule has 4 rings (SSSR count). The molecule has 4 N–H and O–H groups in total. The predicted octanol–water partition coefficient (Wildman–Crippen LogP) is 2.66. The topological polar surface area (TPSA) is 96.9 Å². The number of benzene rings is 2. The third-order valence-corrected chi connectivity index (χ3v) is 5.93. The fraction of sp³-hybridized carbons (Fsp3) is 0.360. The lowest BCUT2D eigenvalue weighted by molar-refractivity contribution is 0.185. The van der Waals surface area contributed by atoms with Crippen molar-refractivity contribution in [3.05, 3.63) is 77.4 Å². The quantitative estimate of drug-likeness (QED) is 0.405. The molecule has 0 unspecified atom stereocenters. The summed E-state index contributed by atoms with van der Waals surface area (Å²) in [7, 11) is 0. The highest BCUT2D eigenvalue weighted by molar-refractivity contribution is 5.78. The molecule has 1 saturated heterocycles. The van der Waals surface area contributed by atoms with Crippen LogP contribution in [0.1, 0.15) is 17.0 Å². The lowest BCUT2D eigenvalue weighted by Crippen LogP contribution is -2.51. The fourth-order valence-corrected chi connectivity index (χ4v) is 4.03. The monoisotopic (exact) mass is 450 g/mol. The smallest absolute Gasteiger partial charge is 0.191 e. The molecule has 0 aliphatic carbocycles. The first kappa shape index (κ1) is 22.9. The maximum absolute atomic E-state index is 14.6. The van der Waals surface area contributed by atoms with E-state index < -0.39 is 0 Å². The van der Waals surface area contributed by atoms with Crippen molar-refractivity contribution < 1.29 is 8.91 Å². The van der Waals surface area contributed by atoms with Crippen LogP contribution in [0.4, 0.5) is 4.39 Å².